The summed E-state index contributed by atoms with van der Waals surface area (Å²) >= 11 is 3.43. The molecule has 1 aromatic heterocycles. The Morgan fingerprint density at radius 1 is 1.00 bits per heavy atom. The zero-order chi connectivity index (χ0) is 22.2. The molecule has 160 valence electrons. The number of fused-ring (bicyclic) bond motifs is 1. The van der Waals surface area contributed by atoms with E-state index < -0.39 is 29.4 Å². The van der Waals surface area contributed by atoms with Crippen LogP contribution < -0.4 is 4.74 Å². The lowest BCUT2D eigenvalue weighted by Gasteiger charge is -2.29. The van der Waals surface area contributed by atoms with E-state index in [1.165, 1.54) is 0 Å². The highest BCUT2D eigenvalue weighted by Gasteiger charge is 2.41. The van der Waals surface area contributed by atoms with Crippen molar-refractivity contribution in [1.29, 1.82) is 0 Å². The van der Waals surface area contributed by atoms with Crippen LogP contribution in [-0.4, -0.2) is 15.9 Å². The van der Waals surface area contributed by atoms with Crippen molar-refractivity contribution in [1.82, 2.24) is 9.97 Å². The Kier molecular flexibility index (Phi) is 5.35. The molecule has 0 aliphatic carbocycles. The van der Waals surface area contributed by atoms with E-state index in [-0.39, 0.29) is 17.3 Å². The third-order valence-electron chi connectivity index (χ3n) is 5.61. The van der Waals surface area contributed by atoms with Crippen LogP contribution in [0.2, 0.25) is 0 Å². The minimum Gasteiger partial charge on any atom is -0.407 e. The van der Waals surface area contributed by atoms with E-state index in [1.54, 1.807) is 0 Å². The largest absolute Gasteiger partial charge is 0.407 e. The molecule has 2 atom stereocenters. The van der Waals surface area contributed by atoms with Crippen molar-refractivity contribution in [3.63, 3.8) is 0 Å². The zero-order valence-electron chi connectivity index (χ0n) is 16.7. The molecule has 0 spiro atoms. The first kappa shape index (κ1) is 20.6. The van der Waals surface area contributed by atoms with E-state index in [4.69, 9.17) is 4.74 Å². The van der Waals surface area contributed by atoms with Crippen molar-refractivity contribution in [3.8, 4) is 17.3 Å². The molecule has 1 aliphatic rings. The van der Waals surface area contributed by atoms with Crippen LogP contribution in [0.3, 0.4) is 0 Å². The highest BCUT2D eigenvalue weighted by molar-refractivity contribution is 9.10. The minimum atomic E-state index is -0.619. The topological polar surface area (TPSA) is 55.0 Å². The van der Waals surface area contributed by atoms with Crippen molar-refractivity contribution in [2.45, 2.75) is 12.3 Å². The van der Waals surface area contributed by atoms with Crippen LogP contribution in [-0.2, 0) is 11.2 Å². The van der Waals surface area contributed by atoms with Gasteiger partial charge in [0.1, 0.15) is 23.2 Å². The summed E-state index contributed by atoms with van der Waals surface area (Å²) in [6.45, 7) is 0. The molecule has 5 rings (SSSR count). The number of H-pyrrole nitrogens is 1. The maximum atomic E-state index is 14.4. The highest BCUT2D eigenvalue weighted by atomic mass is 79.9. The molecule has 0 unspecified atom stereocenters. The van der Waals surface area contributed by atoms with Crippen LogP contribution in [0.4, 0.5) is 8.78 Å². The van der Waals surface area contributed by atoms with E-state index in [1.807, 2.05) is 54.6 Å². The molecule has 3 aromatic carbocycles. The Bertz CT molecular complexity index is 1290. The number of ether oxygens (including phenoxy) is 1. The molecule has 0 fully saturated rings. The van der Waals surface area contributed by atoms with E-state index in [0.29, 0.717) is 12.1 Å². The molecule has 0 radical (unpaired) electrons. The Morgan fingerprint density at radius 2 is 1.75 bits per heavy atom. The lowest BCUT2D eigenvalue weighted by Crippen LogP contribution is -2.34. The molecule has 32 heavy (non-hydrogen) atoms. The Morgan fingerprint density at radius 3 is 2.50 bits per heavy atom. The van der Waals surface area contributed by atoms with Gasteiger partial charge in [0, 0.05) is 10.4 Å². The van der Waals surface area contributed by atoms with Crippen molar-refractivity contribution >= 4 is 21.9 Å². The number of hydrogen-bond donors (Lipinski definition) is 1. The standard InChI is InChI=1S/C25H17BrF2N2O2/c26-16-8-6-14(7-9-16)12-19-21(15-4-2-1-3-5-15)22-24(32-25(19)31)30-23(29-22)18-13-17(27)10-11-20(18)28/h1-11,13,19,21H,12H2,(H,29,30)/t19-,21+/m0/s1. The first-order chi connectivity index (χ1) is 15.5. The van der Waals surface area contributed by atoms with Gasteiger partial charge in [-0.3, -0.25) is 4.79 Å². The van der Waals surface area contributed by atoms with Gasteiger partial charge in [-0.25, -0.2) is 13.8 Å². The molecule has 7 heteroatoms. The predicted octanol–water partition coefficient (Wildman–Crippen LogP) is 6.03. The van der Waals surface area contributed by atoms with Crippen LogP contribution in [0, 0.1) is 17.6 Å². The minimum absolute atomic E-state index is 0.0216. The number of esters is 1. The maximum absolute atomic E-state index is 14.4. The number of nitrogens with one attached hydrogen (secondary N) is 1. The number of imidazole rings is 1. The summed E-state index contributed by atoms with van der Waals surface area (Å²) in [5.74, 6) is -2.26. The fourth-order valence-corrected chi connectivity index (χ4v) is 4.36. The monoisotopic (exact) mass is 494 g/mol. The molecule has 2 heterocycles. The van der Waals surface area contributed by atoms with E-state index in [2.05, 4.69) is 25.9 Å². The van der Waals surface area contributed by atoms with Crippen LogP contribution in [0.15, 0.2) is 77.3 Å². The third-order valence-corrected chi connectivity index (χ3v) is 6.14. The number of rotatable bonds is 4. The van der Waals surface area contributed by atoms with Crippen LogP contribution >= 0.6 is 15.9 Å². The van der Waals surface area contributed by atoms with Crippen LogP contribution in [0.1, 0.15) is 22.7 Å². The number of aromatic nitrogens is 2. The summed E-state index contributed by atoms with van der Waals surface area (Å²) in [5.41, 5.74) is 2.35. The molecular weight excluding hydrogens is 478 g/mol. The summed E-state index contributed by atoms with van der Waals surface area (Å²) in [6.07, 6.45) is 0.446. The highest BCUT2D eigenvalue weighted by Crippen LogP contribution is 2.43. The second-order valence-corrected chi connectivity index (χ2v) is 8.59. The fourth-order valence-electron chi connectivity index (χ4n) is 4.09. The predicted molar refractivity (Wildman–Crippen MR) is 119 cm³/mol. The second kappa shape index (κ2) is 8.31. The fraction of sp³-hybridized carbons (Fsp3) is 0.120. The summed E-state index contributed by atoms with van der Waals surface area (Å²) < 4.78 is 34.7. The van der Waals surface area contributed by atoms with Crippen molar-refractivity contribution < 1.29 is 18.3 Å². The quantitative estimate of drug-likeness (QED) is 0.352. The molecule has 0 saturated carbocycles. The number of hydrogen-bond acceptors (Lipinski definition) is 3. The number of halogens is 3. The molecule has 0 bridgehead atoms. The molecule has 0 amide bonds. The lowest BCUT2D eigenvalue weighted by molar-refractivity contribution is -0.141. The maximum Gasteiger partial charge on any atom is 0.317 e. The number of carbonyl (C=O) groups excluding carboxylic acids is 1. The van der Waals surface area contributed by atoms with E-state index in [9.17, 15) is 13.6 Å². The van der Waals surface area contributed by atoms with Gasteiger partial charge in [-0.05, 0) is 47.9 Å². The van der Waals surface area contributed by atoms with Crippen LogP contribution in [0.5, 0.6) is 5.88 Å². The van der Waals surface area contributed by atoms with E-state index in [0.717, 1.165) is 33.8 Å². The van der Waals surface area contributed by atoms with Gasteiger partial charge in [0.15, 0.2) is 0 Å². The van der Waals surface area contributed by atoms with Gasteiger partial charge >= 0.3 is 5.97 Å². The molecule has 4 nitrogen and oxygen atoms in total. The first-order valence-corrected chi connectivity index (χ1v) is 10.9. The molecule has 4 aromatic rings. The summed E-state index contributed by atoms with van der Waals surface area (Å²) in [4.78, 5) is 20.5. The van der Waals surface area contributed by atoms with Crippen LogP contribution in [0.25, 0.3) is 11.4 Å². The number of carbonyl (C=O) groups is 1. The summed E-state index contributed by atoms with van der Waals surface area (Å²) in [6, 6.07) is 20.4. The molecular formula is C25H17BrF2N2O2. The number of aromatic amines is 1. The van der Waals surface area contributed by atoms with Gasteiger partial charge in [-0.15, -0.1) is 0 Å². The lowest BCUT2D eigenvalue weighted by atomic mass is 9.79. The smallest absolute Gasteiger partial charge is 0.317 e. The normalized spacial score (nSPS) is 17.7. The Labute approximate surface area is 191 Å². The molecule has 1 aliphatic heterocycles. The first-order valence-electron chi connectivity index (χ1n) is 10.1. The van der Waals surface area contributed by atoms with Crippen molar-refractivity contribution in [2.75, 3.05) is 0 Å². The Balaban J connectivity index is 1.61. The average Bonchev–Trinajstić information content (AvgIpc) is 3.21. The average molecular weight is 495 g/mol. The molecule has 1 N–H and O–H groups in total. The third kappa shape index (κ3) is 3.84. The second-order valence-electron chi connectivity index (χ2n) is 7.67. The number of benzene rings is 3. The van der Waals surface area contributed by atoms with Gasteiger partial charge in [-0.1, -0.05) is 58.4 Å². The summed E-state index contributed by atoms with van der Waals surface area (Å²) in [5, 5.41) is 0. The van der Waals surface area contributed by atoms with Gasteiger partial charge in [-0.2, -0.15) is 0 Å². The van der Waals surface area contributed by atoms with Crippen molar-refractivity contribution in [2.24, 2.45) is 5.92 Å². The summed E-state index contributed by atoms with van der Waals surface area (Å²) in [7, 11) is 0. The van der Waals surface area contributed by atoms with Crippen molar-refractivity contribution in [3.05, 3.63) is 106 Å². The molecule has 0 saturated heterocycles. The van der Waals surface area contributed by atoms with Gasteiger partial charge < -0.3 is 9.72 Å². The number of nitrogens with zero attached hydrogens (tertiary/aromatic N) is 1. The SMILES string of the molecule is O=C1Oc2[nH]c(-c3cc(F)ccc3F)nc2[C@H](c2ccccc2)[C@@H]1Cc1ccc(Br)cc1. The van der Waals surface area contributed by atoms with E-state index >= 15 is 0 Å². The van der Waals surface area contributed by atoms with Gasteiger partial charge in [0.2, 0.25) is 5.88 Å². The Hall–Kier alpha value is -3.32. The van der Waals surface area contributed by atoms with Gasteiger partial charge in [0.05, 0.1) is 11.5 Å². The zero-order valence-corrected chi connectivity index (χ0v) is 18.3. The van der Waals surface area contributed by atoms with Gasteiger partial charge in [0.25, 0.3) is 0 Å².